The van der Waals surface area contributed by atoms with Gasteiger partial charge < -0.3 is 14.7 Å². The van der Waals surface area contributed by atoms with Gasteiger partial charge in [0, 0.05) is 0 Å². The predicted octanol–water partition coefficient (Wildman–Crippen LogP) is 4.82. The molecule has 0 radical (unpaired) electrons. The topological polar surface area (TPSA) is 9.72 Å². The summed E-state index contributed by atoms with van der Waals surface area (Å²) in [6.45, 7) is 7.92. The average Bonchev–Trinajstić information content (AvgIpc) is 2.93. The normalized spacial score (nSPS) is 22.0. The van der Waals surface area contributed by atoms with E-state index < -0.39 is 0 Å². The Balaban J connectivity index is -0.000000246. The lowest BCUT2D eigenvalue weighted by atomic mass is 10.1. The first-order valence-corrected chi connectivity index (χ1v) is 8.74. The highest BCUT2D eigenvalue weighted by Gasteiger charge is 2.03. The summed E-state index contributed by atoms with van der Waals surface area (Å²) in [4.78, 5) is 7.15. The fraction of sp³-hybridized carbons (Fsp3) is 1.00. The Labute approximate surface area is 149 Å². The first-order valence-electron chi connectivity index (χ1n) is 8.74. The molecule has 3 heteroatoms. The fourth-order valence-electron chi connectivity index (χ4n) is 2.98. The molecule has 0 spiro atoms. The lowest BCUT2D eigenvalue weighted by Crippen LogP contribution is -2.24. The van der Waals surface area contributed by atoms with E-state index in [1.165, 1.54) is 90.6 Å². The molecule has 144 valence electrons. The minimum Gasteiger partial charge on any atom is -0.306 e. The molecule has 0 unspecified atom stereocenters. The molecule has 23 heavy (non-hydrogen) atoms. The van der Waals surface area contributed by atoms with Crippen molar-refractivity contribution in [3.63, 3.8) is 0 Å². The van der Waals surface area contributed by atoms with Gasteiger partial charge in [-0.15, -0.1) is 0 Å². The van der Waals surface area contributed by atoms with Crippen LogP contribution in [0.1, 0.15) is 73.6 Å². The molecule has 3 saturated heterocycles. The van der Waals surface area contributed by atoms with Gasteiger partial charge in [-0.25, -0.2) is 0 Å². The summed E-state index contributed by atoms with van der Waals surface area (Å²) in [5, 5.41) is 0. The van der Waals surface area contributed by atoms with E-state index >= 15 is 0 Å². The molecule has 0 bridgehead atoms. The van der Waals surface area contributed by atoms with E-state index in [4.69, 9.17) is 0 Å². The molecule has 0 amide bonds. The van der Waals surface area contributed by atoms with E-state index in [1.54, 1.807) is 0 Å². The summed E-state index contributed by atoms with van der Waals surface area (Å²) >= 11 is 0. The van der Waals surface area contributed by atoms with Gasteiger partial charge >= 0.3 is 0 Å². The summed E-state index contributed by atoms with van der Waals surface area (Å²) in [5.41, 5.74) is 0. The van der Waals surface area contributed by atoms with Crippen LogP contribution in [0.4, 0.5) is 0 Å². The first-order chi connectivity index (χ1) is 9.68. The molecule has 3 fully saturated rings. The van der Waals surface area contributed by atoms with E-state index in [-0.39, 0.29) is 22.3 Å². The van der Waals surface area contributed by atoms with Crippen LogP contribution >= 0.6 is 0 Å². The number of piperidine rings is 2. The lowest BCUT2D eigenvalue weighted by molar-refractivity contribution is 0.277. The second kappa shape index (κ2) is 18.2. The van der Waals surface area contributed by atoms with Crippen LogP contribution in [0.25, 0.3) is 0 Å². The van der Waals surface area contributed by atoms with Crippen molar-refractivity contribution in [3.8, 4) is 0 Å². The third kappa shape index (κ3) is 16.5. The third-order valence-corrected chi connectivity index (χ3v) is 4.49. The molecular formula is C20H49N3. The average molecular weight is 332 g/mol. The fourth-order valence-corrected chi connectivity index (χ4v) is 2.98. The molecular weight excluding hydrogens is 282 g/mol. The van der Waals surface area contributed by atoms with Crippen molar-refractivity contribution in [1.82, 2.24) is 14.7 Å². The smallest absolute Gasteiger partial charge is 0.00213 e. The van der Waals surface area contributed by atoms with Gasteiger partial charge in [-0.1, -0.05) is 35.1 Å². The molecule has 0 aromatic heterocycles. The Kier molecular flexibility index (Phi) is 22.0. The molecule has 0 atom stereocenters. The van der Waals surface area contributed by atoms with Gasteiger partial charge in [-0.05, 0) is 98.9 Å². The summed E-state index contributed by atoms with van der Waals surface area (Å²) in [6.07, 6.45) is 11.4. The van der Waals surface area contributed by atoms with Crippen LogP contribution in [0, 0.1) is 0 Å². The van der Waals surface area contributed by atoms with Crippen molar-refractivity contribution in [1.29, 1.82) is 0 Å². The van der Waals surface area contributed by atoms with Gasteiger partial charge in [0.05, 0.1) is 0 Å². The van der Waals surface area contributed by atoms with E-state index in [9.17, 15) is 0 Å². The van der Waals surface area contributed by atoms with Crippen molar-refractivity contribution >= 4 is 0 Å². The van der Waals surface area contributed by atoms with Crippen LogP contribution in [-0.4, -0.2) is 75.1 Å². The molecule has 3 rings (SSSR count). The van der Waals surface area contributed by atoms with Gasteiger partial charge in [0.15, 0.2) is 0 Å². The molecule has 3 aliphatic rings. The van der Waals surface area contributed by atoms with E-state index in [0.717, 1.165) is 0 Å². The monoisotopic (exact) mass is 331 g/mol. The maximum atomic E-state index is 2.39. The Morgan fingerprint density at radius 2 is 0.522 bits per heavy atom. The second-order valence-electron chi connectivity index (χ2n) is 6.74. The highest BCUT2D eigenvalue weighted by molar-refractivity contribution is 4.60. The molecule has 0 aromatic carbocycles. The van der Waals surface area contributed by atoms with Crippen LogP contribution in [0.2, 0.25) is 0 Å². The maximum absolute atomic E-state index is 2.39. The number of hydrogen-bond donors (Lipinski definition) is 0. The Bertz CT molecular complexity index is 187. The van der Waals surface area contributed by atoms with Crippen LogP contribution < -0.4 is 0 Å². The van der Waals surface area contributed by atoms with Gasteiger partial charge in [-0.2, -0.15) is 0 Å². The highest BCUT2D eigenvalue weighted by Crippen LogP contribution is 2.05. The SMILES string of the molecule is C.C.C.CN1CCCC1.CN1CCCCC1.CN1CCCCC1. The van der Waals surface area contributed by atoms with Crippen LogP contribution in [0.15, 0.2) is 0 Å². The Morgan fingerprint density at radius 1 is 0.348 bits per heavy atom. The van der Waals surface area contributed by atoms with Crippen molar-refractivity contribution in [2.45, 2.75) is 73.6 Å². The largest absolute Gasteiger partial charge is 0.306 e. The number of likely N-dealkylation sites (tertiary alicyclic amines) is 3. The Morgan fingerprint density at radius 3 is 0.609 bits per heavy atom. The summed E-state index contributed by atoms with van der Waals surface area (Å²) < 4.78 is 0. The molecule has 3 aliphatic heterocycles. The van der Waals surface area contributed by atoms with Gasteiger partial charge in [-0.3, -0.25) is 0 Å². The van der Waals surface area contributed by atoms with Gasteiger partial charge in [0.2, 0.25) is 0 Å². The molecule has 3 heterocycles. The number of rotatable bonds is 0. The number of nitrogens with zero attached hydrogens (tertiary/aromatic N) is 3. The van der Waals surface area contributed by atoms with Crippen LogP contribution in [0.3, 0.4) is 0 Å². The third-order valence-electron chi connectivity index (χ3n) is 4.49. The highest BCUT2D eigenvalue weighted by atomic mass is 15.1. The molecule has 0 aromatic rings. The van der Waals surface area contributed by atoms with Crippen LogP contribution in [0.5, 0.6) is 0 Å². The predicted molar refractivity (Wildman–Crippen MR) is 110 cm³/mol. The first kappa shape index (κ1) is 27.7. The number of hydrogen-bond acceptors (Lipinski definition) is 3. The van der Waals surface area contributed by atoms with Crippen molar-refractivity contribution < 1.29 is 0 Å². The summed E-state index contributed by atoms with van der Waals surface area (Å²) in [6, 6.07) is 0. The second-order valence-corrected chi connectivity index (χ2v) is 6.74. The quantitative estimate of drug-likeness (QED) is 0.630. The molecule has 3 nitrogen and oxygen atoms in total. The summed E-state index contributed by atoms with van der Waals surface area (Å²) in [5.74, 6) is 0. The standard InChI is InChI=1S/2C6H13N.C5H11N.3CH4/c2*1-7-5-3-2-4-6-7;1-6-4-2-3-5-6;;;/h2*2-6H2,1H3;2-5H2,1H3;3*1H4. The molecule has 0 saturated carbocycles. The van der Waals surface area contributed by atoms with Crippen LogP contribution in [-0.2, 0) is 0 Å². The van der Waals surface area contributed by atoms with Gasteiger partial charge in [0.1, 0.15) is 0 Å². The molecule has 0 aliphatic carbocycles. The van der Waals surface area contributed by atoms with Gasteiger partial charge in [0.25, 0.3) is 0 Å². The minimum absolute atomic E-state index is 0. The van der Waals surface area contributed by atoms with E-state index in [1.807, 2.05) is 0 Å². The molecule has 0 N–H and O–H groups in total. The summed E-state index contributed by atoms with van der Waals surface area (Å²) in [7, 11) is 6.56. The Hall–Kier alpha value is -0.120. The maximum Gasteiger partial charge on any atom is -0.00213 e. The van der Waals surface area contributed by atoms with Crippen molar-refractivity contribution in [2.75, 3.05) is 60.4 Å². The van der Waals surface area contributed by atoms with E-state index in [2.05, 4.69) is 35.8 Å². The zero-order chi connectivity index (χ0) is 14.6. The zero-order valence-electron chi connectivity index (χ0n) is 14.2. The van der Waals surface area contributed by atoms with Crippen molar-refractivity contribution in [2.24, 2.45) is 0 Å². The minimum atomic E-state index is 0. The lowest BCUT2D eigenvalue weighted by Gasteiger charge is -2.20. The van der Waals surface area contributed by atoms with Crippen molar-refractivity contribution in [3.05, 3.63) is 0 Å². The zero-order valence-corrected chi connectivity index (χ0v) is 14.2. The van der Waals surface area contributed by atoms with E-state index in [0.29, 0.717) is 0 Å².